The maximum atomic E-state index is 5.93. The Kier molecular flexibility index (Phi) is 3.01. The van der Waals surface area contributed by atoms with Crippen molar-refractivity contribution >= 4 is 17.3 Å². The highest BCUT2D eigenvalue weighted by atomic mass is 35.5. The number of nitrogens with zero attached hydrogens (tertiary/aromatic N) is 2. The third-order valence-corrected chi connectivity index (χ3v) is 4.65. The third-order valence-electron chi connectivity index (χ3n) is 4.40. The Morgan fingerprint density at radius 1 is 0.882 bits per heavy atom. The van der Waals surface area contributed by atoms with Gasteiger partial charge in [-0.25, -0.2) is 0 Å². The molecule has 0 radical (unpaired) electrons. The van der Waals surface area contributed by atoms with Crippen LogP contribution >= 0.6 is 11.6 Å². The Hall–Kier alpha value is -0.730. The zero-order chi connectivity index (χ0) is 11.7. The Morgan fingerprint density at radius 2 is 1.47 bits per heavy atom. The first kappa shape index (κ1) is 11.4. The second-order valence-corrected chi connectivity index (χ2v) is 5.84. The fourth-order valence-electron chi connectivity index (χ4n) is 3.25. The molecule has 2 aliphatic heterocycles. The van der Waals surface area contributed by atoms with Gasteiger partial charge in [-0.15, -0.1) is 0 Å². The fourth-order valence-corrected chi connectivity index (χ4v) is 3.38. The highest BCUT2D eigenvalue weighted by Crippen LogP contribution is 2.25. The second kappa shape index (κ2) is 4.51. The van der Waals surface area contributed by atoms with E-state index in [4.69, 9.17) is 11.6 Å². The molecule has 1 aromatic rings. The van der Waals surface area contributed by atoms with Crippen LogP contribution in [0, 0.1) is 0 Å². The van der Waals surface area contributed by atoms with Gasteiger partial charge in [0.05, 0.1) is 39.3 Å². The Balaban J connectivity index is 1.66. The Labute approximate surface area is 108 Å². The normalized spacial score (nSPS) is 23.2. The highest BCUT2D eigenvalue weighted by molar-refractivity contribution is 6.30. The molecule has 0 N–H and O–H groups in total. The number of hydrogen-bond acceptors (Lipinski definition) is 1. The lowest BCUT2D eigenvalue weighted by Crippen LogP contribution is -2.58. The molecule has 0 saturated carbocycles. The van der Waals surface area contributed by atoms with Gasteiger partial charge in [-0.1, -0.05) is 11.6 Å². The molecule has 0 atom stereocenters. The van der Waals surface area contributed by atoms with E-state index in [0.29, 0.717) is 0 Å². The summed E-state index contributed by atoms with van der Waals surface area (Å²) in [5.41, 5.74) is 1.33. The minimum absolute atomic E-state index is 0.828. The second-order valence-electron chi connectivity index (χ2n) is 5.41. The molecular formula is C14H20ClN2+. The quantitative estimate of drug-likeness (QED) is 0.694. The van der Waals surface area contributed by atoms with Crippen LogP contribution in [0.25, 0.3) is 0 Å². The molecule has 17 heavy (non-hydrogen) atoms. The Morgan fingerprint density at radius 3 is 2.06 bits per heavy atom. The van der Waals surface area contributed by atoms with E-state index in [1.54, 1.807) is 0 Å². The number of hydrogen-bond donors (Lipinski definition) is 0. The number of halogens is 1. The summed E-state index contributed by atoms with van der Waals surface area (Å²) < 4.78 is 1.38. The predicted octanol–water partition coefficient (Wildman–Crippen LogP) is 2.77. The molecule has 2 nitrogen and oxygen atoms in total. The van der Waals surface area contributed by atoms with Crippen LogP contribution in [0.15, 0.2) is 24.3 Å². The molecule has 1 aromatic carbocycles. The zero-order valence-corrected chi connectivity index (χ0v) is 11.0. The molecule has 3 heteroatoms. The van der Waals surface area contributed by atoms with Gasteiger partial charge in [-0.2, -0.15) is 0 Å². The van der Waals surface area contributed by atoms with Gasteiger partial charge in [0.15, 0.2) is 0 Å². The first-order valence-corrected chi connectivity index (χ1v) is 7.01. The third kappa shape index (κ3) is 2.29. The molecule has 2 aliphatic rings. The maximum absolute atomic E-state index is 5.93. The van der Waals surface area contributed by atoms with Gasteiger partial charge in [-0.05, 0) is 24.3 Å². The van der Waals surface area contributed by atoms with Crippen molar-refractivity contribution in [3.8, 4) is 0 Å². The molecular weight excluding hydrogens is 232 g/mol. The van der Waals surface area contributed by atoms with Gasteiger partial charge in [0.25, 0.3) is 0 Å². The topological polar surface area (TPSA) is 3.24 Å². The van der Waals surface area contributed by atoms with Crippen LogP contribution in [-0.2, 0) is 0 Å². The van der Waals surface area contributed by atoms with Gasteiger partial charge in [-0.3, -0.25) is 0 Å². The molecule has 0 aliphatic carbocycles. The van der Waals surface area contributed by atoms with Crippen LogP contribution in [0.1, 0.15) is 12.8 Å². The van der Waals surface area contributed by atoms with Crippen molar-refractivity contribution in [2.24, 2.45) is 0 Å². The van der Waals surface area contributed by atoms with Crippen molar-refractivity contribution in [3.63, 3.8) is 0 Å². The van der Waals surface area contributed by atoms with Crippen LogP contribution in [0.2, 0.25) is 5.02 Å². The first-order valence-electron chi connectivity index (χ1n) is 6.63. The van der Waals surface area contributed by atoms with E-state index >= 15 is 0 Å². The summed E-state index contributed by atoms with van der Waals surface area (Å²) in [4.78, 5) is 2.50. The molecule has 0 bridgehead atoms. The number of anilines is 1. The van der Waals surface area contributed by atoms with Crippen LogP contribution in [0.3, 0.4) is 0 Å². The van der Waals surface area contributed by atoms with E-state index in [1.165, 1.54) is 62.3 Å². The predicted molar refractivity (Wildman–Crippen MR) is 72.6 cm³/mol. The minimum atomic E-state index is 0.828. The fraction of sp³-hybridized carbons (Fsp3) is 0.571. The van der Waals surface area contributed by atoms with Crippen molar-refractivity contribution < 1.29 is 4.48 Å². The standard InChI is InChI=1S/C14H20ClN2/c15-13-3-5-14(6-4-13)16-7-11-17(12-8-16)9-1-2-10-17/h3-6H,1-2,7-12H2/q+1. The number of rotatable bonds is 1. The monoisotopic (exact) mass is 251 g/mol. The summed E-state index contributed by atoms with van der Waals surface area (Å²) in [6.07, 6.45) is 2.86. The molecule has 3 rings (SSSR count). The van der Waals surface area contributed by atoms with Crippen molar-refractivity contribution in [1.82, 2.24) is 0 Å². The minimum Gasteiger partial charge on any atom is -0.360 e. The van der Waals surface area contributed by atoms with Gasteiger partial charge in [0.1, 0.15) is 0 Å². The molecule has 2 fully saturated rings. The van der Waals surface area contributed by atoms with E-state index in [9.17, 15) is 0 Å². The molecule has 2 heterocycles. The zero-order valence-electron chi connectivity index (χ0n) is 10.2. The van der Waals surface area contributed by atoms with Crippen LogP contribution < -0.4 is 4.90 Å². The lowest BCUT2D eigenvalue weighted by molar-refractivity contribution is -0.917. The summed E-state index contributed by atoms with van der Waals surface area (Å²) in [6, 6.07) is 8.27. The molecule has 2 saturated heterocycles. The smallest absolute Gasteiger partial charge is 0.0965 e. The lowest BCUT2D eigenvalue weighted by Gasteiger charge is -2.42. The van der Waals surface area contributed by atoms with Gasteiger partial charge in [0, 0.05) is 23.6 Å². The van der Waals surface area contributed by atoms with Crippen molar-refractivity contribution in [3.05, 3.63) is 29.3 Å². The largest absolute Gasteiger partial charge is 0.360 e. The van der Waals surface area contributed by atoms with Crippen LogP contribution in [-0.4, -0.2) is 43.8 Å². The SMILES string of the molecule is Clc1ccc(N2CC[N+]3(CCCC3)CC2)cc1. The van der Waals surface area contributed by atoms with Crippen molar-refractivity contribution in [2.45, 2.75) is 12.8 Å². The summed E-state index contributed by atoms with van der Waals surface area (Å²) >= 11 is 5.93. The number of benzene rings is 1. The summed E-state index contributed by atoms with van der Waals surface area (Å²) in [7, 11) is 0. The molecule has 92 valence electrons. The molecule has 0 aromatic heterocycles. The summed E-state index contributed by atoms with van der Waals surface area (Å²) in [6.45, 7) is 7.86. The van der Waals surface area contributed by atoms with Gasteiger partial charge in [0.2, 0.25) is 0 Å². The number of quaternary nitrogens is 1. The van der Waals surface area contributed by atoms with Gasteiger partial charge < -0.3 is 9.38 Å². The van der Waals surface area contributed by atoms with Gasteiger partial charge >= 0.3 is 0 Å². The average molecular weight is 252 g/mol. The van der Waals surface area contributed by atoms with Crippen LogP contribution in [0.5, 0.6) is 0 Å². The average Bonchev–Trinajstić information content (AvgIpc) is 2.80. The van der Waals surface area contributed by atoms with Crippen molar-refractivity contribution in [2.75, 3.05) is 44.2 Å². The lowest BCUT2D eigenvalue weighted by atomic mass is 10.2. The van der Waals surface area contributed by atoms with E-state index in [1.807, 2.05) is 12.1 Å². The van der Waals surface area contributed by atoms with E-state index in [0.717, 1.165) is 5.02 Å². The Bertz CT molecular complexity index is 372. The molecule has 1 spiro atoms. The maximum Gasteiger partial charge on any atom is 0.0965 e. The summed E-state index contributed by atoms with van der Waals surface area (Å²) in [5, 5.41) is 0.828. The van der Waals surface area contributed by atoms with Crippen molar-refractivity contribution in [1.29, 1.82) is 0 Å². The number of piperazine rings is 1. The highest BCUT2D eigenvalue weighted by Gasteiger charge is 2.35. The molecule has 0 unspecified atom stereocenters. The summed E-state index contributed by atoms with van der Waals surface area (Å²) in [5.74, 6) is 0. The molecule has 0 amide bonds. The van der Waals surface area contributed by atoms with E-state index in [2.05, 4.69) is 17.0 Å². The van der Waals surface area contributed by atoms with Crippen LogP contribution in [0.4, 0.5) is 5.69 Å². The van der Waals surface area contributed by atoms with E-state index in [-0.39, 0.29) is 0 Å². The van der Waals surface area contributed by atoms with E-state index < -0.39 is 0 Å². The first-order chi connectivity index (χ1) is 8.27.